The zero-order valence-corrected chi connectivity index (χ0v) is 11.7. The lowest BCUT2D eigenvalue weighted by Gasteiger charge is -2.26. The monoisotopic (exact) mass is 289 g/mol. The number of halogens is 1. The first-order valence-corrected chi connectivity index (χ1v) is 6.74. The molecular weight excluding hydrogens is 273 g/mol. The van der Waals surface area contributed by atoms with Crippen LogP contribution in [0, 0.1) is 12.7 Å². The lowest BCUT2D eigenvalue weighted by molar-refractivity contribution is 0.122. The van der Waals surface area contributed by atoms with E-state index in [1.807, 2.05) is 11.8 Å². The van der Waals surface area contributed by atoms with Crippen LogP contribution in [-0.2, 0) is 4.74 Å². The molecule has 2 aromatic rings. The third kappa shape index (κ3) is 2.92. The summed E-state index contributed by atoms with van der Waals surface area (Å²) in [6, 6.07) is 4.51. The van der Waals surface area contributed by atoms with Crippen molar-refractivity contribution in [2.75, 3.05) is 36.9 Å². The predicted molar refractivity (Wildman–Crippen MR) is 77.4 cm³/mol. The molecule has 2 heterocycles. The van der Waals surface area contributed by atoms with Crippen LogP contribution in [0.5, 0.6) is 0 Å². The number of anilines is 2. The zero-order valence-electron chi connectivity index (χ0n) is 11.7. The fourth-order valence-corrected chi connectivity index (χ4v) is 2.24. The topological polar surface area (TPSA) is 77.2 Å². The van der Waals surface area contributed by atoms with Crippen molar-refractivity contribution in [3.8, 4) is 11.4 Å². The summed E-state index contributed by atoms with van der Waals surface area (Å²) in [5.41, 5.74) is 7.29. The van der Waals surface area contributed by atoms with Gasteiger partial charge in [-0.15, -0.1) is 0 Å². The second kappa shape index (κ2) is 5.61. The van der Waals surface area contributed by atoms with Gasteiger partial charge < -0.3 is 15.4 Å². The van der Waals surface area contributed by atoms with Crippen LogP contribution in [0.4, 0.5) is 16.3 Å². The molecule has 1 aliphatic heterocycles. The SMILES string of the molecule is Cc1ccc(F)cc1-c1nc(N)nc(N2CCOCC2)n1. The molecule has 7 heteroatoms. The molecule has 1 aliphatic rings. The largest absolute Gasteiger partial charge is 0.378 e. The van der Waals surface area contributed by atoms with Crippen LogP contribution >= 0.6 is 0 Å². The molecule has 2 N–H and O–H groups in total. The normalized spacial score (nSPS) is 15.2. The fraction of sp³-hybridized carbons (Fsp3) is 0.357. The number of rotatable bonds is 2. The van der Waals surface area contributed by atoms with Crippen molar-refractivity contribution in [2.45, 2.75) is 6.92 Å². The van der Waals surface area contributed by atoms with Gasteiger partial charge in [-0.2, -0.15) is 15.0 Å². The Morgan fingerprint density at radius 3 is 2.71 bits per heavy atom. The highest BCUT2D eigenvalue weighted by atomic mass is 19.1. The van der Waals surface area contributed by atoms with E-state index in [2.05, 4.69) is 15.0 Å². The fourth-order valence-electron chi connectivity index (χ4n) is 2.24. The number of benzene rings is 1. The van der Waals surface area contributed by atoms with E-state index in [4.69, 9.17) is 10.5 Å². The second-order valence-electron chi connectivity index (χ2n) is 4.88. The number of nitrogen functional groups attached to an aromatic ring is 1. The summed E-state index contributed by atoms with van der Waals surface area (Å²) in [5, 5.41) is 0. The first kappa shape index (κ1) is 13.7. The third-order valence-corrected chi connectivity index (χ3v) is 3.38. The van der Waals surface area contributed by atoms with Gasteiger partial charge in [-0.05, 0) is 24.6 Å². The minimum atomic E-state index is -0.331. The van der Waals surface area contributed by atoms with E-state index in [1.54, 1.807) is 6.07 Å². The maximum atomic E-state index is 13.5. The number of nitrogens with two attached hydrogens (primary N) is 1. The van der Waals surface area contributed by atoms with Gasteiger partial charge in [-0.3, -0.25) is 0 Å². The van der Waals surface area contributed by atoms with E-state index < -0.39 is 0 Å². The van der Waals surface area contributed by atoms with Gasteiger partial charge >= 0.3 is 0 Å². The Morgan fingerprint density at radius 1 is 1.19 bits per heavy atom. The predicted octanol–water partition coefficient (Wildman–Crippen LogP) is 1.40. The minimum Gasteiger partial charge on any atom is -0.378 e. The molecule has 0 radical (unpaired) electrons. The Kier molecular flexibility index (Phi) is 3.66. The van der Waals surface area contributed by atoms with Crippen molar-refractivity contribution >= 4 is 11.9 Å². The van der Waals surface area contributed by atoms with Crippen LogP contribution in [0.15, 0.2) is 18.2 Å². The Bertz CT molecular complexity index is 658. The van der Waals surface area contributed by atoms with Crippen LogP contribution in [-0.4, -0.2) is 41.3 Å². The van der Waals surface area contributed by atoms with Crippen molar-refractivity contribution in [3.63, 3.8) is 0 Å². The zero-order chi connectivity index (χ0) is 14.8. The second-order valence-corrected chi connectivity index (χ2v) is 4.88. The third-order valence-electron chi connectivity index (χ3n) is 3.38. The summed E-state index contributed by atoms with van der Waals surface area (Å²) in [6.07, 6.45) is 0. The quantitative estimate of drug-likeness (QED) is 0.900. The maximum absolute atomic E-state index is 13.5. The van der Waals surface area contributed by atoms with E-state index in [0.717, 1.165) is 5.56 Å². The number of aromatic nitrogens is 3. The molecule has 0 spiro atoms. The number of morpholine rings is 1. The number of hydrogen-bond donors (Lipinski definition) is 1. The summed E-state index contributed by atoms with van der Waals surface area (Å²) in [4.78, 5) is 14.7. The smallest absolute Gasteiger partial charge is 0.230 e. The van der Waals surface area contributed by atoms with E-state index >= 15 is 0 Å². The molecule has 1 fully saturated rings. The molecular formula is C14H16FN5O. The number of nitrogens with zero attached hydrogens (tertiary/aromatic N) is 4. The van der Waals surface area contributed by atoms with Gasteiger partial charge in [0.2, 0.25) is 11.9 Å². The Morgan fingerprint density at radius 2 is 1.95 bits per heavy atom. The lowest BCUT2D eigenvalue weighted by Crippen LogP contribution is -2.37. The molecule has 1 aromatic carbocycles. The van der Waals surface area contributed by atoms with Gasteiger partial charge in [-0.25, -0.2) is 4.39 Å². The molecule has 0 amide bonds. The van der Waals surface area contributed by atoms with Crippen molar-refractivity contribution < 1.29 is 9.13 Å². The van der Waals surface area contributed by atoms with Crippen LogP contribution in [0.2, 0.25) is 0 Å². The Balaban J connectivity index is 2.02. The molecule has 0 bridgehead atoms. The molecule has 1 aromatic heterocycles. The summed E-state index contributed by atoms with van der Waals surface area (Å²) in [5.74, 6) is 0.693. The number of hydrogen-bond acceptors (Lipinski definition) is 6. The summed E-state index contributed by atoms with van der Waals surface area (Å²) in [7, 11) is 0. The highest BCUT2D eigenvalue weighted by Crippen LogP contribution is 2.23. The van der Waals surface area contributed by atoms with Crippen molar-refractivity contribution in [1.29, 1.82) is 0 Å². The Hall–Kier alpha value is -2.28. The summed E-state index contributed by atoms with van der Waals surface area (Å²) < 4.78 is 18.8. The summed E-state index contributed by atoms with van der Waals surface area (Å²) >= 11 is 0. The van der Waals surface area contributed by atoms with Gasteiger partial charge in [0.15, 0.2) is 5.82 Å². The highest BCUT2D eigenvalue weighted by molar-refractivity contribution is 5.62. The van der Waals surface area contributed by atoms with Crippen LogP contribution in [0.3, 0.4) is 0 Å². The average Bonchev–Trinajstić information content (AvgIpc) is 2.50. The molecule has 0 atom stereocenters. The Labute approximate surface area is 121 Å². The summed E-state index contributed by atoms with van der Waals surface area (Å²) in [6.45, 7) is 4.53. The van der Waals surface area contributed by atoms with E-state index in [0.29, 0.717) is 43.6 Å². The van der Waals surface area contributed by atoms with Crippen LogP contribution in [0.1, 0.15) is 5.56 Å². The number of ether oxygens (including phenoxy) is 1. The van der Waals surface area contributed by atoms with Crippen LogP contribution < -0.4 is 10.6 Å². The minimum absolute atomic E-state index is 0.130. The molecule has 21 heavy (non-hydrogen) atoms. The van der Waals surface area contributed by atoms with Gasteiger partial charge in [0.25, 0.3) is 0 Å². The van der Waals surface area contributed by atoms with Crippen molar-refractivity contribution in [2.24, 2.45) is 0 Å². The molecule has 0 unspecified atom stereocenters. The van der Waals surface area contributed by atoms with Gasteiger partial charge in [0.1, 0.15) is 5.82 Å². The van der Waals surface area contributed by atoms with Gasteiger partial charge in [0, 0.05) is 18.7 Å². The standard InChI is InChI=1S/C14H16FN5O/c1-9-2-3-10(15)8-11(9)12-17-13(16)19-14(18-12)20-4-6-21-7-5-20/h2-3,8H,4-7H2,1H3,(H2,16,17,18,19). The van der Waals surface area contributed by atoms with Gasteiger partial charge in [0.05, 0.1) is 13.2 Å². The first-order valence-electron chi connectivity index (χ1n) is 6.74. The lowest BCUT2D eigenvalue weighted by atomic mass is 10.1. The first-order chi connectivity index (χ1) is 10.1. The molecule has 0 saturated carbocycles. The van der Waals surface area contributed by atoms with E-state index in [1.165, 1.54) is 12.1 Å². The van der Waals surface area contributed by atoms with E-state index in [-0.39, 0.29) is 11.8 Å². The van der Waals surface area contributed by atoms with Gasteiger partial charge in [-0.1, -0.05) is 6.07 Å². The molecule has 1 saturated heterocycles. The molecule has 110 valence electrons. The average molecular weight is 289 g/mol. The van der Waals surface area contributed by atoms with E-state index in [9.17, 15) is 4.39 Å². The van der Waals surface area contributed by atoms with Crippen LogP contribution in [0.25, 0.3) is 11.4 Å². The molecule has 6 nitrogen and oxygen atoms in total. The molecule has 0 aliphatic carbocycles. The van der Waals surface area contributed by atoms with Crippen molar-refractivity contribution in [1.82, 2.24) is 15.0 Å². The maximum Gasteiger partial charge on any atom is 0.230 e. The highest BCUT2D eigenvalue weighted by Gasteiger charge is 2.17. The van der Waals surface area contributed by atoms with Crippen molar-refractivity contribution in [3.05, 3.63) is 29.6 Å². The molecule has 3 rings (SSSR count). The number of aryl methyl sites for hydroxylation is 1.